The van der Waals surface area contributed by atoms with Crippen LogP contribution >= 0.6 is 0 Å². The van der Waals surface area contributed by atoms with Crippen molar-refractivity contribution >= 4 is 12.0 Å². The average molecular weight is 267 g/mol. The van der Waals surface area contributed by atoms with Gasteiger partial charge in [-0.25, -0.2) is 9.59 Å². The Hall–Kier alpha value is -2.15. The Morgan fingerprint density at radius 3 is 2.79 bits per heavy atom. The van der Waals surface area contributed by atoms with Gasteiger partial charge in [0.1, 0.15) is 6.61 Å². The fourth-order valence-corrected chi connectivity index (χ4v) is 1.33. The zero-order chi connectivity index (χ0) is 13.9. The minimum atomic E-state index is -1.03. The molecule has 0 aliphatic heterocycles. The summed E-state index contributed by atoms with van der Waals surface area (Å²) in [6.07, 6.45) is 4.15. The first-order valence-electron chi connectivity index (χ1n) is 5.88. The highest BCUT2D eigenvalue weighted by molar-refractivity contribution is 5.73. The van der Waals surface area contributed by atoms with Gasteiger partial charge >= 0.3 is 12.0 Å². The summed E-state index contributed by atoms with van der Waals surface area (Å²) >= 11 is 0. The number of nitrogens with zero attached hydrogens (tertiary/aromatic N) is 1. The molecule has 0 saturated carbocycles. The van der Waals surface area contributed by atoms with Crippen LogP contribution in [-0.4, -0.2) is 48.4 Å². The van der Waals surface area contributed by atoms with Crippen molar-refractivity contribution in [3.8, 4) is 0 Å². The van der Waals surface area contributed by atoms with Crippen LogP contribution in [0.1, 0.15) is 5.56 Å². The van der Waals surface area contributed by atoms with Gasteiger partial charge in [-0.15, -0.1) is 0 Å². The lowest BCUT2D eigenvalue weighted by Gasteiger charge is -2.07. The van der Waals surface area contributed by atoms with Gasteiger partial charge in [0.25, 0.3) is 0 Å². The first kappa shape index (κ1) is 14.9. The zero-order valence-electron chi connectivity index (χ0n) is 10.5. The van der Waals surface area contributed by atoms with Crippen LogP contribution in [0, 0.1) is 0 Å². The van der Waals surface area contributed by atoms with E-state index in [-0.39, 0.29) is 25.8 Å². The molecule has 0 saturated heterocycles. The molecule has 2 amide bonds. The molecule has 0 fully saturated rings. The predicted octanol–water partition coefficient (Wildman–Crippen LogP) is 0.0245. The molecule has 1 rings (SSSR count). The number of carbonyl (C=O) groups is 2. The number of aliphatic carboxylic acids is 1. The number of hydrogen-bond acceptors (Lipinski definition) is 4. The number of ether oxygens (including phenoxy) is 1. The van der Waals surface area contributed by atoms with Gasteiger partial charge in [-0.2, -0.15) is 0 Å². The summed E-state index contributed by atoms with van der Waals surface area (Å²) in [5.74, 6) is -1.03. The molecule has 104 valence electrons. The maximum Gasteiger partial charge on any atom is 0.329 e. The van der Waals surface area contributed by atoms with Crippen LogP contribution in [0.2, 0.25) is 0 Å². The summed E-state index contributed by atoms with van der Waals surface area (Å²) in [6.45, 7) is 0.589. The van der Waals surface area contributed by atoms with Crippen molar-refractivity contribution in [3.05, 3.63) is 30.1 Å². The van der Waals surface area contributed by atoms with Crippen LogP contribution in [0.4, 0.5) is 4.79 Å². The van der Waals surface area contributed by atoms with E-state index in [1.54, 1.807) is 12.4 Å². The Morgan fingerprint density at radius 1 is 1.32 bits per heavy atom. The molecule has 0 aliphatic carbocycles. The standard InChI is InChI=1S/C12H17N3O4/c16-11(17)9-19-7-6-15-12(18)14-5-3-10-2-1-4-13-8-10/h1-2,4,8H,3,5-7,9H2,(H,16,17)(H2,14,15,18). The number of aromatic nitrogens is 1. The largest absolute Gasteiger partial charge is 0.480 e. The van der Waals surface area contributed by atoms with Crippen molar-refractivity contribution in [2.24, 2.45) is 0 Å². The Kier molecular flexibility index (Phi) is 6.96. The number of rotatable bonds is 8. The van der Waals surface area contributed by atoms with Crippen LogP contribution < -0.4 is 10.6 Å². The molecule has 0 aromatic carbocycles. The van der Waals surface area contributed by atoms with E-state index in [1.165, 1.54) is 0 Å². The lowest BCUT2D eigenvalue weighted by molar-refractivity contribution is -0.142. The minimum absolute atomic E-state index is 0.169. The topological polar surface area (TPSA) is 101 Å². The maximum absolute atomic E-state index is 11.3. The van der Waals surface area contributed by atoms with Crippen molar-refractivity contribution in [1.29, 1.82) is 0 Å². The van der Waals surface area contributed by atoms with E-state index in [4.69, 9.17) is 9.84 Å². The molecule has 7 heteroatoms. The van der Waals surface area contributed by atoms with Crippen molar-refractivity contribution in [2.45, 2.75) is 6.42 Å². The number of pyridine rings is 1. The van der Waals surface area contributed by atoms with E-state index >= 15 is 0 Å². The first-order chi connectivity index (χ1) is 9.18. The van der Waals surface area contributed by atoms with E-state index in [1.807, 2.05) is 12.1 Å². The molecule has 0 bridgehead atoms. The number of nitrogens with one attached hydrogen (secondary N) is 2. The second-order valence-corrected chi connectivity index (χ2v) is 3.74. The highest BCUT2D eigenvalue weighted by atomic mass is 16.5. The van der Waals surface area contributed by atoms with Crippen molar-refractivity contribution in [2.75, 3.05) is 26.3 Å². The fraction of sp³-hybridized carbons (Fsp3) is 0.417. The average Bonchev–Trinajstić information content (AvgIpc) is 2.39. The van der Waals surface area contributed by atoms with E-state index < -0.39 is 5.97 Å². The van der Waals surface area contributed by atoms with E-state index in [0.29, 0.717) is 13.0 Å². The van der Waals surface area contributed by atoms with Gasteiger partial charge in [0, 0.05) is 25.5 Å². The van der Waals surface area contributed by atoms with Gasteiger partial charge in [0.15, 0.2) is 0 Å². The molecule has 0 atom stereocenters. The predicted molar refractivity (Wildman–Crippen MR) is 67.8 cm³/mol. The quantitative estimate of drug-likeness (QED) is 0.577. The van der Waals surface area contributed by atoms with Crippen molar-refractivity contribution < 1.29 is 19.4 Å². The Labute approximate surface area is 111 Å². The van der Waals surface area contributed by atoms with Crippen LogP contribution in [0.5, 0.6) is 0 Å². The lowest BCUT2D eigenvalue weighted by atomic mass is 10.2. The number of carboxylic acid groups (broad SMARTS) is 1. The van der Waals surface area contributed by atoms with Crippen molar-refractivity contribution in [3.63, 3.8) is 0 Å². The second kappa shape index (κ2) is 8.87. The maximum atomic E-state index is 11.3. The third-order valence-corrected chi connectivity index (χ3v) is 2.18. The van der Waals surface area contributed by atoms with E-state index in [0.717, 1.165) is 5.56 Å². The molecule has 0 aliphatic rings. The highest BCUT2D eigenvalue weighted by Gasteiger charge is 2.00. The summed E-state index contributed by atoms with van der Waals surface area (Å²) in [7, 11) is 0. The van der Waals surface area contributed by atoms with Gasteiger partial charge in [0.2, 0.25) is 0 Å². The Bertz CT molecular complexity index is 397. The third-order valence-electron chi connectivity index (χ3n) is 2.18. The van der Waals surface area contributed by atoms with Gasteiger partial charge in [0.05, 0.1) is 6.61 Å². The molecule has 1 heterocycles. The molecular formula is C12H17N3O4. The Balaban J connectivity index is 2.01. The summed E-state index contributed by atoms with van der Waals surface area (Å²) in [4.78, 5) is 25.4. The van der Waals surface area contributed by atoms with Gasteiger partial charge in [-0.05, 0) is 18.1 Å². The molecule has 7 nitrogen and oxygen atoms in total. The molecule has 1 aromatic heterocycles. The Morgan fingerprint density at radius 2 is 2.11 bits per heavy atom. The summed E-state index contributed by atoms with van der Waals surface area (Å²) in [5.41, 5.74) is 1.05. The normalized spacial score (nSPS) is 9.89. The van der Waals surface area contributed by atoms with E-state index in [9.17, 15) is 9.59 Å². The molecule has 0 spiro atoms. The smallest absolute Gasteiger partial charge is 0.329 e. The molecule has 0 radical (unpaired) electrons. The summed E-state index contributed by atoms with van der Waals surface area (Å²) in [5, 5.41) is 13.6. The van der Waals surface area contributed by atoms with E-state index in [2.05, 4.69) is 15.6 Å². The van der Waals surface area contributed by atoms with Gasteiger partial charge < -0.3 is 20.5 Å². The number of carbonyl (C=O) groups excluding carboxylic acids is 1. The number of urea groups is 1. The molecule has 1 aromatic rings. The number of carboxylic acids is 1. The van der Waals surface area contributed by atoms with Crippen molar-refractivity contribution in [1.82, 2.24) is 15.6 Å². The monoisotopic (exact) mass is 267 g/mol. The third kappa shape index (κ3) is 7.72. The van der Waals surface area contributed by atoms with Crippen LogP contribution in [0.25, 0.3) is 0 Å². The summed E-state index contributed by atoms with van der Waals surface area (Å²) in [6, 6.07) is 3.48. The summed E-state index contributed by atoms with van der Waals surface area (Å²) < 4.78 is 4.77. The highest BCUT2D eigenvalue weighted by Crippen LogP contribution is 1.95. The van der Waals surface area contributed by atoms with Gasteiger partial charge in [-0.1, -0.05) is 6.07 Å². The van der Waals surface area contributed by atoms with Crippen LogP contribution in [-0.2, 0) is 16.0 Å². The molecular weight excluding hydrogens is 250 g/mol. The SMILES string of the molecule is O=C(O)COCCNC(=O)NCCc1cccnc1. The van der Waals surface area contributed by atoms with Crippen LogP contribution in [0.3, 0.4) is 0 Å². The fourth-order valence-electron chi connectivity index (χ4n) is 1.33. The molecule has 19 heavy (non-hydrogen) atoms. The molecule has 0 unspecified atom stereocenters. The number of amides is 2. The molecule has 3 N–H and O–H groups in total. The minimum Gasteiger partial charge on any atom is -0.480 e. The van der Waals surface area contributed by atoms with Crippen LogP contribution in [0.15, 0.2) is 24.5 Å². The number of hydrogen-bond donors (Lipinski definition) is 3. The second-order valence-electron chi connectivity index (χ2n) is 3.74. The zero-order valence-corrected chi connectivity index (χ0v) is 10.5. The first-order valence-corrected chi connectivity index (χ1v) is 5.88. The lowest BCUT2D eigenvalue weighted by Crippen LogP contribution is -2.38. The van der Waals surface area contributed by atoms with Gasteiger partial charge in [-0.3, -0.25) is 4.98 Å².